The molecule has 1 saturated heterocycles. The Balaban J connectivity index is 2.80. The lowest BCUT2D eigenvalue weighted by molar-refractivity contribution is -0.442. The van der Waals surface area contributed by atoms with Crippen LogP contribution in [0.2, 0.25) is 5.28 Å². The van der Waals surface area contributed by atoms with Crippen LogP contribution in [0.3, 0.4) is 0 Å². The average molecular weight is 806 g/mol. The van der Waals surface area contributed by atoms with E-state index in [4.69, 9.17) is 30.5 Å². The lowest BCUT2D eigenvalue weighted by atomic mass is 9.93. The van der Waals surface area contributed by atoms with Crippen LogP contribution in [-0.4, -0.2) is 87.5 Å². The van der Waals surface area contributed by atoms with Crippen LogP contribution in [0.4, 0.5) is 57.1 Å². The lowest BCUT2D eigenvalue weighted by Crippen LogP contribution is -2.69. The van der Waals surface area contributed by atoms with E-state index < -0.39 is 112 Å². The monoisotopic (exact) mass is 805 g/mol. The molecule has 0 radical (unpaired) electrons. The maximum absolute atomic E-state index is 15.0. The van der Waals surface area contributed by atoms with Crippen molar-refractivity contribution in [3.8, 4) is 0 Å². The van der Waals surface area contributed by atoms with Gasteiger partial charge < -0.3 is 18.9 Å². The molecule has 1 aromatic rings. The van der Waals surface area contributed by atoms with E-state index in [1.165, 1.54) is 62.3 Å². The van der Waals surface area contributed by atoms with Gasteiger partial charge in [-0.15, -0.1) is 5.10 Å². The number of alkyl halides is 13. The summed E-state index contributed by atoms with van der Waals surface area (Å²) in [5.74, 6) is -45.2. The summed E-state index contributed by atoms with van der Waals surface area (Å²) in [5, 5.41) is 1.22. The van der Waals surface area contributed by atoms with Gasteiger partial charge in [0.15, 0.2) is 24.5 Å². The summed E-state index contributed by atoms with van der Waals surface area (Å²) in [6.45, 7) is 11.1. The Kier molecular flexibility index (Phi) is 11.8. The molecule has 0 unspecified atom stereocenters. The Hall–Kier alpha value is -3.11. The number of aromatic nitrogens is 3. The summed E-state index contributed by atoms with van der Waals surface area (Å²) in [4.78, 5) is 41.4. The van der Waals surface area contributed by atoms with Crippen LogP contribution in [0.25, 0.3) is 0 Å². The summed E-state index contributed by atoms with van der Waals surface area (Å²) in [5.41, 5.74) is -4.04. The van der Waals surface area contributed by atoms with Gasteiger partial charge in [-0.05, 0) is 73.9 Å². The van der Waals surface area contributed by atoms with E-state index in [1.807, 2.05) is 0 Å². The van der Waals surface area contributed by atoms with Crippen molar-refractivity contribution < 1.29 is 90.4 Å². The van der Waals surface area contributed by atoms with Crippen molar-refractivity contribution in [2.24, 2.45) is 16.2 Å². The standard InChI is InChI=1S/C28H33ClF13N3O7/c1-20(2,3)16(46)50-11-10-49-14(13(52-18(48)22(7,8)9)12(11)51-17(47)21(4,5)6)45-19(29)43-15(44-45)23(30,31)24(32,33)25(34,35)26(36,37)27(38,39)28(40,41)42/h11-14H,10H2,1-9H3/t11-,12+,13-,14-/m1/s1. The zero-order valence-electron chi connectivity index (χ0n) is 28.5. The predicted molar refractivity (Wildman–Crippen MR) is 148 cm³/mol. The van der Waals surface area contributed by atoms with Gasteiger partial charge in [-0.1, -0.05) is 0 Å². The predicted octanol–water partition coefficient (Wildman–Crippen LogP) is 7.53. The van der Waals surface area contributed by atoms with Crippen LogP contribution < -0.4 is 0 Å². The Morgan fingerprint density at radius 3 is 1.42 bits per heavy atom. The SMILES string of the molecule is CC(C)(C)C(=O)O[C@@H]1[C@@H](OC(=O)C(C)(C)C)[C@H](OC(=O)C(C)(C)C)CO[C@H]1n1nc(C(F)(F)C(F)(F)C(F)(F)C(F)(F)C(F)(F)C(F)(F)F)nc1Cl. The van der Waals surface area contributed by atoms with E-state index in [9.17, 15) is 62.7 Å². The molecule has 0 spiro atoms. The molecule has 2 rings (SSSR count). The van der Waals surface area contributed by atoms with Gasteiger partial charge in [-0.3, -0.25) is 14.4 Å². The molecule has 52 heavy (non-hydrogen) atoms. The molecule has 0 saturated carbocycles. The number of esters is 3. The molecule has 0 amide bonds. The quantitative estimate of drug-likeness (QED) is 0.142. The average Bonchev–Trinajstić information content (AvgIpc) is 3.33. The highest BCUT2D eigenvalue weighted by Crippen LogP contribution is 2.61. The van der Waals surface area contributed by atoms with Crippen molar-refractivity contribution in [3.63, 3.8) is 0 Å². The fourth-order valence-corrected chi connectivity index (χ4v) is 3.97. The van der Waals surface area contributed by atoms with E-state index in [0.29, 0.717) is 0 Å². The molecule has 0 aliphatic carbocycles. The first-order valence-corrected chi connectivity index (χ1v) is 15.0. The highest BCUT2D eigenvalue weighted by molar-refractivity contribution is 6.28. The first kappa shape index (κ1) is 45.0. The molecule has 1 fully saturated rings. The summed E-state index contributed by atoms with van der Waals surface area (Å²) in [7, 11) is 0. The molecule has 0 N–H and O–H groups in total. The fraction of sp³-hybridized carbons (Fsp3) is 0.821. The summed E-state index contributed by atoms with van der Waals surface area (Å²) < 4.78 is 201. The maximum atomic E-state index is 15.0. The number of nitrogens with zero attached hydrogens (tertiary/aromatic N) is 3. The van der Waals surface area contributed by atoms with E-state index in [1.54, 1.807) is 0 Å². The molecule has 1 aromatic heterocycles. The number of hydrogen-bond acceptors (Lipinski definition) is 9. The molecule has 300 valence electrons. The minimum atomic E-state index is -8.19. The third-order valence-corrected chi connectivity index (χ3v) is 7.29. The normalized spacial score (nSPS) is 21.8. The molecular weight excluding hydrogens is 773 g/mol. The molecule has 1 aliphatic heterocycles. The summed E-state index contributed by atoms with van der Waals surface area (Å²) in [6.07, 6.45) is -15.9. The zero-order valence-corrected chi connectivity index (χ0v) is 29.3. The van der Waals surface area contributed by atoms with E-state index in [-0.39, 0.29) is 4.68 Å². The maximum Gasteiger partial charge on any atom is 0.460 e. The van der Waals surface area contributed by atoms with Crippen molar-refractivity contribution in [2.75, 3.05) is 6.61 Å². The first-order chi connectivity index (χ1) is 22.8. The molecule has 4 atom stereocenters. The van der Waals surface area contributed by atoms with Gasteiger partial charge >= 0.3 is 53.7 Å². The van der Waals surface area contributed by atoms with Crippen LogP contribution in [0.15, 0.2) is 0 Å². The highest BCUT2D eigenvalue weighted by Gasteiger charge is 2.91. The van der Waals surface area contributed by atoms with Gasteiger partial charge in [0.2, 0.25) is 11.1 Å². The Morgan fingerprint density at radius 2 is 1.02 bits per heavy atom. The van der Waals surface area contributed by atoms with Crippen molar-refractivity contribution in [3.05, 3.63) is 11.1 Å². The topological polar surface area (TPSA) is 119 Å². The Morgan fingerprint density at radius 1 is 0.635 bits per heavy atom. The molecular formula is C28H33ClF13N3O7. The van der Waals surface area contributed by atoms with Crippen LogP contribution in [-0.2, 0) is 39.3 Å². The van der Waals surface area contributed by atoms with Crippen molar-refractivity contribution in [2.45, 2.75) is 123 Å². The third-order valence-electron chi connectivity index (χ3n) is 7.03. The van der Waals surface area contributed by atoms with E-state index in [2.05, 4.69) is 10.1 Å². The summed E-state index contributed by atoms with van der Waals surface area (Å²) in [6, 6.07) is 0. The number of carbonyl (C=O) groups excluding carboxylic acids is 3. The Labute approximate surface area is 291 Å². The van der Waals surface area contributed by atoms with Gasteiger partial charge in [-0.2, -0.15) is 62.1 Å². The van der Waals surface area contributed by atoms with Gasteiger partial charge in [0.25, 0.3) is 0 Å². The van der Waals surface area contributed by atoms with E-state index in [0.717, 1.165) is 0 Å². The molecule has 10 nitrogen and oxygen atoms in total. The van der Waals surface area contributed by atoms with Crippen LogP contribution in [0.1, 0.15) is 74.4 Å². The number of halogens is 14. The Bertz CT molecular complexity index is 1510. The van der Waals surface area contributed by atoms with Gasteiger partial charge in [-0.25, -0.2) is 4.68 Å². The van der Waals surface area contributed by atoms with Crippen molar-refractivity contribution in [1.29, 1.82) is 0 Å². The van der Waals surface area contributed by atoms with Crippen LogP contribution in [0, 0.1) is 16.2 Å². The minimum absolute atomic E-state index is 0.179. The van der Waals surface area contributed by atoms with Gasteiger partial charge in [0.1, 0.15) is 0 Å². The molecule has 1 aliphatic rings. The van der Waals surface area contributed by atoms with Gasteiger partial charge in [0.05, 0.1) is 22.9 Å². The summed E-state index contributed by atoms with van der Waals surface area (Å²) >= 11 is 5.76. The zero-order chi connectivity index (χ0) is 41.2. The third kappa shape index (κ3) is 8.03. The minimum Gasteiger partial charge on any atom is -0.455 e. The van der Waals surface area contributed by atoms with Gasteiger partial charge in [0, 0.05) is 0 Å². The first-order valence-electron chi connectivity index (χ1n) is 14.6. The second-order valence-corrected chi connectivity index (χ2v) is 15.0. The molecule has 0 aromatic carbocycles. The highest BCUT2D eigenvalue weighted by atomic mass is 35.5. The number of rotatable bonds is 9. The molecule has 2 heterocycles. The largest absolute Gasteiger partial charge is 0.460 e. The molecule has 24 heteroatoms. The molecule has 0 bridgehead atoms. The fourth-order valence-electron chi connectivity index (χ4n) is 3.76. The smallest absolute Gasteiger partial charge is 0.455 e. The van der Waals surface area contributed by atoms with E-state index >= 15 is 8.78 Å². The number of ether oxygens (including phenoxy) is 4. The van der Waals surface area contributed by atoms with Crippen molar-refractivity contribution >= 4 is 29.5 Å². The second kappa shape index (κ2) is 13.6. The number of hydrogen-bond donors (Lipinski definition) is 0. The van der Waals surface area contributed by atoms with Crippen molar-refractivity contribution in [1.82, 2.24) is 14.8 Å². The van der Waals surface area contributed by atoms with Crippen LogP contribution >= 0.6 is 11.6 Å². The number of carbonyl (C=O) groups is 3. The van der Waals surface area contributed by atoms with Crippen LogP contribution in [0.5, 0.6) is 0 Å². The second-order valence-electron chi connectivity index (χ2n) is 14.7. The lowest BCUT2D eigenvalue weighted by Gasteiger charge is -2.42.